The molecule has 0 aliphatic carbocycles. The summed E-state index contributed by atoms with van der Waals surface area (Å²) in [6, 6.07) is 11.8. The summed E-state index contributed by atoms with van der Waals surface area (Å²) < 4.78 is 46.9. The number of likely N-dealkylation sites (tertiary alicyclic amines) is 1. The van der Waals surface area contributed by atoms with Crippen molar-refractivity contribution in [3.63, 3.8) is 0 Å². The van der Waals surface area contributed by atoms with Gasteiger partial charge in [0.15, 0.2) is 17.3 Å². The van der Waals surface area contributed by atoms with E-state index in [1.54, 1.807) is 24.3 Å². The van der Waals surface area contributed by atoms with Gasteiger partial charge < -0.3 is 9.42 Å². The zero-order chi connectivity index (χ0) is 19.0. The van der Waals surface area contributed by atoms with Gasteiger partial charge in [-0.1, -0.05) is 23.4 Å². The summed E-state index contributed by atoms with van der Waals surface area (Å²) in [7, 11) is 0. The molecule has 1 aromatic heterocycles. The summed E-state index contributed by atoms with van der Waals surface area (Å²) in [5, 5.41) is 3.73. The second-order valence-electron chi connectivity index (χ2n) is 6.36. The lowest BCUT2D eigenvalue weighted by atomic mass is 10.1. The van der Waals surface area contributed by atoms with Crippen LogP contribution < -0.4 is 0 Å². The maximum absolute atomic E-state index is 15.3. The van der Waals surface area contributed by atoms with Crippen molar-refractivity contribution in [3.05, 3.63) is 71.6 Å². The second kappa shape index (κ2) is 6.53. The minimum atomic E-state index is -1.97. The number of amides is 1. The van der Waals surface area contributed by atoms with E-state index in [2.05, 4.69) is 10.1 Å². The van der Waals surface area contributed by atoms with E-state index in [0.717, 1.165) is 12.1 Å². The van der Waals surface area contributed by atoms with Crippen molar-refractivity contribution in [2.24, 2.45) is 0 Å². The zero-order valence-electron chi connectivity index (χ0n) is 14.0. The van der Waals surface area contributed by atoms with Crippen LogP contribution in [0, 0.1) is 11.6 Å². The topological polar surface area (TPSA) is 59.2 Å². The summed E-state index contributed by atoms with van der Waals surface area (Å²) in [6.07, 6.45) is -0.0177. The lowest BCUT2D eigenvalue weighted by molar-refractivity contribution is 0.0742. The van der Waals surface area contributed by atoms with Crippen LogP contribution in [-0.2, 0) is 5.67 Å². The highest BCUT2D eigenvalue weighted by Crippen LogP contribution is 2.36. The molecule has 0 N–H and O–H groups in total. The van der Waals surface area contributed by atoms with Gasteiger partial charge in [0.25, 0.3) is 11.8 Å². The third-order valence-corrected chi connectivity index (χ3v) is 4.52. The number of nitrogens with zero attached hydrogens (tertiary/aromatic N) is 3. The number of benzene rings is 2. The molecule has 0 saturated carbocycles. The van der Waals surface area contributed by atoms with Crippen LogP contribution >= 0.6 is 0 Å². The van der Waals surface area contributed by atoms with Gasteiger partial charge >= 0.3 is 0 Å². The Morgan fingerprint density at radius 3 is 2.63 bits per heavy atom. The first-order valence-electron chi connectivity index (χ1n) is 8.29. The highest BCUT2D eigenvalue weighted by molar-refractivity contribution is 5.94. The average molecular weight is 373 g/mol. The molecule has 1 saturated heterocycles. The van der Waals surface area contributed by atoms with E-state index >= 15 is 4.39 Å². The molecular weight excluding hydrogens is 359 g/mol. The Kier molecular flexibility index (Phi) is 4.18. The maximum atomic E-state index is 15.3. The Morgan fingerprint density at radius 1 is 1.11 bits per heavy atom. The van der Waals surface area contributed by atoms with Crippen LogP contribution in [0.1, 0.15) is 22.6 Å². The standard InChI is InChI=1S/C19H14F3N3O2/c20-14-7-6-13(10-15(14)21)17(26)25-9-8-19(22,11-25)18-23-16(27-24-18)12-4-2-1-3-5-12/h1-7,10H,8-9,11H2. The van der Waals surface area contributed by atoms with Crippen LogP contribution in [0.15, 0.2) is 53.1 Å². The summed E-state index contributed by atoms with van der Waals surface area (Å²) in [6.45, 7) is -0.192. The predicted octanol–water partition coefficient (Wildman–Crippen LogP) is 3.73. The molecule has 0 spiro atoms. The molecule has 1 aliphatic heterocycles. The van der Waals surface area contributed by atoms with E-state index in [9.17, 15) is 13.6 Å². The maximum Gasteiger partial charge on any atom is 0.258 e. The first-order valence-corrected chi connectivity index (χ1v) is 8.29. The first kappa shape index (κ1) is 17.3. The minimum Gasteiger partial charge on any atom is -0.335 e. The second-order valence-corrected chi connectivity index (χ2v) is 6.36. The highest BCUT2D eigenvalue weighted by Gasteiger charge is 2.45. The van der Waals surface area contributed by atoms with Crippen molar-refractivity contribution in [2.45, 2.75) is 12.1 Å². The van der Waals surface area contributed by atoms with E-state index in [1.807, 2.05) is 6.07 Å². The Hall–Kier alpha value is -3.16. The molecule has 1 amide bonds. The van der Waals surface area contributed by atoms with E-state index in [-0.39, 0.29) is 36.8 Å². The van der Waals surface area contributed by atoms with Gasteiger partial charge in [0, 0.05) is 24.1 Å². The zero-order valence-corrected chi connectivity index (χ0v) is 14.0. The smallest absolute Gasteiger partial charge is 0.258 e. The van der Waals surface area contributed by atoms with Crippen molar-refractivity contribution in [3.8, 4) is 11.5 Å². The number of carbonyl (C=O) groups is 1. The molecule has 0 bridgehead atoms. The Labute approximate surface area is 152 Å². The van der Waals surface area contributed by atoms with Crippen molar-refractivity contribution in [2.75, 3.05) is 13.1 Å². The minimum absolute atomic E-state index is 0.0177. The van der Waals surface area contributed by atoms with Crippen molar-refractivity contribution in [1.82, 2.24) is 15.0 Å². The molecule has 1 atom stereocenters. The number of aromatic nitrogens is 2. The van der Waals surface area contributed by atoms with Gasteiger partial charge in [0.2, 0.25) is 5.82 Å². The molecule has 3 aromatic rings. The normalized spacial score (nSPS) is 19.4. The Morgan fingerprint density at radius 2 is 1.89 bits per heavy atom. The third-order valence-electron chi connectivity index (χ3n) is 4.52. The molecule has 27 heavy (non-hydrogen) atoms. The average Bonchev–Trinajstić information content (AvgIpc) is 3.32. The van der Waals surface area contributed by atoms with Gasteiger partial charge in [-0.2, -0.15) is 4.98 Å². The third kappa shape index (κ3) is 3.18. The number of rotatable bonds is 3. The quantitative estimate of drug-likeness (QED) is 0.702. The molecule has 1 fully saturated rings. The molecular formula is C19H14F3N3O2. The number of hydrogen-bond acceptors (Lipinski definition) is 4. The molecule has 0 radical (unpaired) electrons. The van der Waals surface area contributed by atoms with Gasteiger partial charge in [-0.15, -0.1) is 0 Å². The monoisotopic (exact) mass is 373 g/mol. The summed E-state index contributed by atoms with van der Waals surface area (Å²) in [4.78, 5) is 17.8. The van der Waals surface area contributed by atoms with Gasteiger partial charge in [0.1, 0.15) is 0 Å². The Bertz CT molecular complexity index is 993. The van der Waals surface area contributed by atoms with Crippen LogP contribution in [-0.4, -0.2) is 34.0 Å². The SMILES string of the molecule is O=C(c1ccc(F)c(F)c1)N1CCC(F)(c2noc(-c3ccccc3)n2)C1. The van der Waals surface area contributed by atoms with Crippen LogP contribution in [0.2, 0.25) is 0 Å². The van der Waals surface area contributed by atoms with E-state index in [4.69, 9.17) is 4.52 Å². The van der Waals surface area contributed by atoms with Crippen LogP contribution in [0.25, 0.3) is 11.5 Å². The van der Waals surface area contributed by atoms with E-state index < -0.39 is 23.2 Å². The van der Waals surface area contributed by atoms with Gasteiger partial charge in [-0.3, -0.25) is 4.79 Å². The fraction of sp³-hybridized carbons (Fsp3) is 0.211. The van der Waals surface area contributed by atoms with E-state index in [1.165, 1.54) is 11.0 Å². The van der Waals surface area contributed by atoms with Crippen molar-refractivity contribution in [1.29, 1.82) is 0 Å². The summed E-state index contributed by atoms with van der Waals surface area (Å²) in [5.41, 5.74) is -1.35. The fourth-order valence-electron chi connectivity index (χ4n) is 3.04. The summed E-state index contributed by atoms with van der Waals surface area (Å²) in [5.74, 6) is -2.71. The number of hydrogen-bond donors (Lipinski definition) is 0. The molecule has 8 heteroatoms. The van der Waals surface area contributed by atoms with Crippen molar-refractivity contribution < 1.29 is 22.5 Å². The lowest BCUT2D eigenvalue weighted by Crippen LogP contribution is -2.32. The Balaban J connectivity index is 1.53. The molecule has 1 unspecified atom stereocenters. The highest BCUT2D eigenvalue weighted by atomic mass is 19.2. The van der Waals surface area contributed by atoms with Crippen LogP contribution in [0.3, 0.4) is 0 Å². The molecule has 2 heterocycles. The fourth-order valence-corrected chi connectivity index (χ4v) is 3.04. The lowest BCUT2D eigenvalue weighted by Gasteiger charge is -2.18. The number of carbonyl (C=O) groups excluding carboxylic acids is 1. The van der Waals surface area contributed by atoms with Gasteiger partial charge in [-0.25, -0.2) is 13.2 Å². The molecule has 1 aliphatic rings. The first-order chi connectivity index (χ1) is 13.0. The number of halogens is 3. The molecule has 2 aromatic carbocycles. The van der Waals surface area contributed by atoms with E-state index in [0.29, 0.717) is 5.56 Å². The van der Waals surface area contributed by atoms with Crippen LogP contribution in [0.5, 0.6) is 0 Å². The van der Waals surface area contributed by atoms with Crippen molar-refractivity contribution >= 4 is 5.91 Å². The molecule has 5 nitrogen and oxygen atoms in total. The van der Waals surface area contributed by atoms with Gasteiger partial charge in [0.05, 0.1) is 6.54 Å². The van der Waals surface area contributed by atoms with Gasteiger partial charge in [-0.05, 0) is 30.3 Å². The summed E-state index contributed by atoms with van der Waals surface area (Å²) >= 11 is 0. The number of alkyl halides is 1. The molecule has 138 valence electrons. The van der Waals surface area contributed by atoms with Crippen LogP contribution in [0.4, 0.5) is 13.2 Å². The molecule has 4 rings (SSSR count). The largest absolute Gasteiger partial charge is 0.335 e. The predicted molar refractivity (Wildman–Crippen MR) is 89.4 cm³/mol.